The maximum absolute atomic E-state index is 8.10. The van der Waals surface area contributed by atoms with Gasteiger partial charge < -0.3 is 0 Å². The summed E-state index contributed by atoms with van der Waals surface area (Å²) >= 11 is 0. The highest BCUT2D eigenvalue weighted by molar-refractivity contribution is 6.15. The van der Waals surface area contributed by atoms with Gasteiger partial charge in [-0.1, -0.05) is 60.6 Å². The lowest BCUT2D eigenvalue weighted by molar-refractivity contribution is 1.70. The number of rotatable bonds is 0. The van der Waals surface area contributed by atoms with Crippen LogP contribution >= 0.6 is 0 Å². The molecule has 16 heavy (non-hydrogen) atoms. The second-order valence-electron chi connectivity index (χ2n) is 4.08. The lowest BCUT2D eigenvalue weighted by Crippen LogP contribution is -1.73. The lowest BCUT2D eigenvalue weighted by Gasteiger charge is -2.00. The van der Waals surface area contributed by atoms with Crippen molar-refractivity contribution in [1.29, 1.82) is 0 Å². The highest BCUT2D eigenvalue weighted by Gasteiger charge is 2.19. The standard InChI is InChI=1S/C16H10/c1-2-8-13-12(7-1)14-9-3-5-11-6-4-10-15(13)16(11)14/h1-10H/i5D,7D. The molecule has 3 aromatic rings. The molecule has 74 valence electrons. The van der Waals surface area contributed by atoms with Crippen LogP contribution in [0.2, 0.25) is 0 Å². The van der Waals surface area contributed by atoms with Crippen LogP contribution in [0.5, 0.6) is 0 Å². The van der Waals surface area contributed by atoms with Crippen molar-refractivity contribution in [2.24, 2.45) is 0 Å². The summed E-state index contributed by atoms with van der Waals surface area (Å²) in [6.45, 7) is 0. The summed E-state index contributed by atoms with van der Waals surface area (Å²) in [6.07, 6.45) is 0. The van der Waals surface area contributed by atoms with Crippen LogP contribution in [0.4, 0.5) is 0 Å². The zero-order valence-corrected chi connectivity index (χ0v) is 8.62. The van der Waals surface area contributed by atoms with E-state index in [1.807, 2.05) is 36.4 Å². The van der Waals surface area contributed by atoms with E-state index >= 15 is 0 Å². The van der Waals surface area contributed by atoms with Crippen LogP contribution < -0.4 is 0 Å². The van der Waals surface area contributed by atoms with Crippen molar-refractivity contribution < 1.29 is 2.74 Å². The Morgan fingerprint density at radius 3 is 2.44 bits per heavy atom. The molecule has 4 rings (SSSR count). The van der Waals surface area contributed by atoms with Crippen LogP contribution in [-0.2, 0) is 0 Å². The number of hydrogen-bond donors (Lipinski definition) is 0. The van der Waals surface area contributed by atoms with Crippen LogP contribution in [0.15, 0.2) is 60.6 Å². The third-order valence-corrected chi connectivity index (χ3v) is 3.24. The average molecular weight is 204 g/mol. The molecule has 0 amide bonds. The van der Waals surface area contributed by atoms with Gasteiger partial charge in [-0.05, 0) is 33.0 Å². The van der Waals surface area contributed by atoms with Gasteiger partial charge in [-0.2, -0.15) is 0 Å². The number of fused-ring (bicyclic) bond motifs is 3. The van der Waals surface area contributed by atoms with Crippen LogP contribution in [0, 0.1) is 0 Å². The van der Waals surface area contributed by atoms with E-state index in [9.17, 15) is 0 Å². The minimum Gasteiger partial charge on any atom is -0.0616 e. The molecule has 0 spiro atoms. The molecule has 0 radical (unpaired) electrons. The number of hydrogen-bond acceptors (Lipinski definition) is 0. The Labute approximate surface area is 97.0 Å². The smallest absolute Gasteiger partial charge is 0.0616 e. The fourth-order valence-electron chi connectivity index (χ4n) is 2.58. The van der Waals surface area contributed by atoms with Gasteiger partial charge in [-0.25, -0.2) is 0 Å². The van der Waals surface area contributed by atoms with E-state index in [2.05, 4.69) is 12.1 Å². The average Bonchev–Trinajstić information content (AvgIpc) is 2.72. The van der Waals surface area contributed by atoms with Gasteiger partial charge in [0.05, 0.1) is 2.74 Å². The molecule has 0 aromatic heterocycles. The maximum Gasteiger partial charge on any atom is 0.0629 e. The molecule has 3 aromatic carbocycles. The minimum atomic E-state index is 0.551. The van der Waals surface area contributed by atoms with Crippen molar-refractivity contribution in [3.63, 3.8) is 0 Å². The second kappa shape index (κ2) is 2.73. The van der Waals surface area contributed by atoms with Crippen molar-refractivity contribution in [1.82, 2.24) is 0 Å². The highest BCUT2D eigenvalue weighted by Crippen LogP contribution is 2.46. The highest BCUT2D eigenvalue weighted by atomic mass is 14.2. The van der Waals surface area contributed by atoms with Gasteiger partial charge in [-0.3, -0.25) is 0 Å². The third kappa shape index (κ3) is 0.849. The summed E-state index contributed by atoms with van der Waals surface area (Å²) in [5, 5.41) is 2.10. The maximum atomic E-state index is 8.10. The molecule has 0 saturated heterocycles. The van der Waals surface area contributed by atoms with Crippen LogP contribution in [-0.4, -0.2) is 0 Å². The molecule has 0 nitrogen and oxygen atoms in total. The minimum absolute atomic E-state index is 0.551. The molecule has 0 aliphatic heterocycles. The normalized spacial score (nSPS) is 13.5. The summed E-state index contributed by atoms with van der Waals surface area (Å²) < 4.78 is 16.1. The Morgan fingerprint density at radius 2 is 1.44 bits per heavy atom. The van der Waals surface area contributed by atoms with Crippen molar-refractivity contribution >= 4 is 10.8 Å². The van der Waals surface area contributed by atoms with E-state index < -0.39 is 0 Å². The first kappa shape index (κ1) is 6.49. The van der Waals surface area contributed by atoms with E-state index in [1.54, 1.807) is 0 Å². The van der Waals surface area contributed by atoms with Crippen LogP contribution in [0.1, 0.15) is 2.74 Å². The lowest BCUT2D eigenvalue weighted by atomic mass is 10.0. The molecule has 0 atom stereocenters. The number of benzene rings is 3. The first-order chi connectivity index (χ1) is 8.77. The molecular formula is C16H10. The summed E-state index contributed by atoms with van der Waals surface area (Å²) in [4.78, 5) is 0. The molecule has 0 saturated carbocycles. The van der Waals surface area contributed by atoms with Crippen molar-refractivity contribution in [3.05, 3.63) is 60.6 Å². The molecule has 0 fully saturated rings. The van der Waals surface area contributed by atoms with E-state index in [4.69, 9.17) is 2.74 Å². The molecule has 0 N–H and O–H groups in total. The molecule has 0 heterocycles. The Kier molecular flexibility index (Phi) is 1.11. The van der Waals surface area contributed by atoms with Crippen molar-refractivity contribution in [3.8, 4) is 22.3 Å². The first-order valence-electron chi connectivity index (χ1n) is 6.40. The zero-order valence-electron chi connectivity index (χ0n) is 10.6. The predicted molar refractivity (Wildman–Crippen MR) is 68.4 cm³/mol. The summed E-state index contributed by atoms with van der Waals surface area (Å²) in [6, 6.07) is 16.8. The Hall–Kier alpha value is -2.08. The van der Waals surface area contributed by atoms with Crippen molar-refractivity contribution in [2.45, 2.75) is 0 Å². The zero-order chi connectivity index (χ0) is 12.3. The summed E-state index contributed by atoms with van der Waals surface area (Å²) in [5.74, 6) is 0. The molecule has 0 bridgehead atoms. The predicted octanol–water partition coefficient (Wildman–Crippen LogP) is 4.49. The van der Waals surface area contributed by atoms with Gasteiger partial charge in [0.25, 0.3) is 0 Å². The van der Waals surface area contributed by atoms with Crippen LogP contribution in [0.3, 0.4) is 0 Å². The second-order valence-corrected chi connectivity index (χ2v) is 4.08. The first-order valence-corrected chi connectivity index (χ1v) is 5.40. The van der Waals surface area contributed by atoms with E-state index in [0.29, 0.717) is 12.1 Å². The summed E-state index contributed by atoms with van der Waals surface area (Å²) in [7, 11) is 0. The SMILES string of the molecule is [2H]c1cccc2c1-c1ccc([2H])c3cccc-2c13. The Morgan fingerprint density at radius 1 is 0.625 bits per heavy atom. The Balaban J connectivity index is 2.30. The molecular weight excluding hydrogens is 192 g/mol. The van der Waals surface area contributed by atoms with Crippen molar-refractivity contribution in [2.75, 3.05) is 0 Å². The van der Waals surface area contributed by atoms with Gasteiger partial charge in [-0.15, -0.1) is 0 Å². The van der Waals surface area contributed by atoms with Gasteiger partial charge in [0.1, 0.15) is 0 Å². The largest absolute Gasteiger partial charge is 0.0629 e. The quantitative estimate of drug-likeness (QED) is 0.396. The topological polar surface area (TPSA) is 0 Å². The van der Waals surface area contributed by atoms with Gasteiger partial charge in [0, 0.05) is 0 Å². The van der Waals surface area contributed by atoms with Gasteiger partial charge >= 0.3 is 0 Å². The molecule has 1 aliphatic carbocycles. The van der Waals surface area contributed by atoms with E-state index in [1.165, 1.54) is 0 Å². The third-order valence-electron chi connectivity index (χ3n) is 3.24. The monoisotopic (exact) mass is 204 g/mol. The fourth-order valence-corrected chi connectivity index (χ4v) is 2.58. The van der Waals surface area contributed by atoms with Gasteiger partial charge in [0.2, 0.25) is 0 Å². The Bertz CT molecular complexity index is 804. The van der Waals surface area contributed by atoms with E-state index in [0.717, 1.165) is 33.0 Å². The fraction of sp³-hybridized carbons (Fsp3) is 0. The molecule has 1 aliphatic rings. The molecule has 0 unspecified atom stereocenters. The van der Waals surface area contributed by atoms with E-state index in [-0.39, 0.29) is 0 Å². The van der Waals surface area contributed by atoms with Gasteiger partial charge in [0.15, 0.2) is 0 Å². The van der Waals surface area contributed by atoms with Crippen LogP contribution in [0.25, 0.3) is 33.0 Å². The molecule has 0 heteroatoms. The summed E-state index contributed by atoms with van der Waals surface area (Å²) in [5.41, 5.74) is 4.37.